The Morgan fingerprint density at radius 1 is 1.54 bits per heavy atom. The zero-order valence-corrected chi connectivity index (χ0v) is 8.29. The van der Waals surface area contributed by atoms with E-state index in [9.17, 15) is 4.79 Å². The second kappa shape index (κ2) is 3.46. The van der Waals surface area contributed by atoms with E-state index in [0.717, 1.165) is 12.8 Å². The van der Waals surface area contributed by atoms with Crippen molar-refractivity contribution >= 4 is 17.6 Å². The molecule has 74 valence electrons. The van der Waals surface area contributed by atoms with Crippen LogP contribution in [0, 0.1) is 11.8 Å². The molecule has 0 aromatic rings. The largest absolute Gasteiger partial charge is 0.467 e. The molecule has 0 aromatic heterocycles. The molecule has 4 atom stereocenters. The van der Waals surface area contributed by atoms with Gasteiger partial charge in [0.1, 0.15) is 0 Å². The zero-order valence-electron chi connectivity index (χ0n) is 7.53. The smallest absolute Gasteiger partial charge is 0.335 e. The van der Waals surface area contributed by atoms with Crippen LogP contribution in [0.15, 0.2) is 0 Å². The predicted molar refractivity (Wildman–Crippen MR) is 47.6 cm³/mol. The molecule has 0 bridgehead atoms. The first-order valence-electron chi connectivity index (χ1n) is 4.57. The summed E-state index contributed by atoms with van der Waals surface area (Å²) in [7, 11) is 1.39. The fourth-order valence-electron chi connectivity index (χ4n) is 2.36. The Morgan fingerprint density at radius 3 is 3.00 bits per heavy atom. The van der Waals surface area contributed by atoms with Crippen LogP contribution in [0.3, 0.4) is 0 Å². The molecule has 0 aromatic carbocycles. The number of methoxy groups -OCH3 is 1. The summed E-state index contributed by atoms with van der Waals surface area (Å²) in [5.41, 5.74) is 0. The van der Waals surface area contributed by atoms with Crippen LogP contribution in [0.4, 0.5) is 0 Å². The van der Waals surface area contributed by atoms with Crippen molar-refractivity contribution in [1.29, 1.82) is 0 Å². The van der Waals surface area contributed by atoms with E-state index in [1.165, 1.54) is 7.11 Å². The van der Waals surface area contributed by atoms with Crippen LogP contribution in [0.1, 0.15) is 12.8 Å². The Kier molecular flexibility index (Phi) is 2.47. The molecule has 1 saturated heterocycles. The van der Waals surface area contributed by atoms with Crippen LogP contribution >= 0.6 is 11.6 Å². The summed E-state index contributed by atoms with van der Waals surface area (Å²) < 4.78 is 10.1. The highest BCUT2D eigenvalue weighted by Crippen LogP contribution is 2.43. The Morgan fingerprint density at radius 2 is 2.31 bits per heavy atom. The maximum Gasteiger partial charge on any atom is 0.335 e. The van der Waals surface area contributed by atoms with Crippen molar-refractivity contribution in [3.05, 3.63) is 0 Å². The number of fused-ring (bicyclic) bond motifs is 1. The topological polar surface area (TPSA) is 35.5 Å². The molecule has 2 aliphatic rings. The molecule has 0 radical (unpaired) electrons. The maximum atomic E-state index is 11.3. The van der Waals surface area contributed by atoms with Crippen molar-refractivity contribution in [3.8, 4) is 0 Å². The van der Waals surface area contributed by atoms with Crippen molar-refractivity contribution in [2.24, 2.45) is 11.8 Å². The molecular formula is C9H13ClO3. The van der Waals surface area contributed by atoms with E-state index in [0.29, 0.717) is 12.5 Å². The third kappa shape index (κ3) is 1.44. The average Bonchev–Trinajstić information content (AvgIpc) is 2.68. The number of hydrogen-bond acceptors (Lipinski definition) is 3. The summed E-state index contributed by atoms with van der Waals surface area (Å²) in [4.78, 5) is 11.3. The van der Waals surface area contributed by atoms with Gasteiger partial charge in [-0.25, -0.2) is 4.79 Å². The second-order valence-electron chi connectivity index (χ2n) is 3.71. The molecule has 1 heterocycles. The number of carbonyl (C=O) groups is 1. The predicted octanol–water partition coefficient (Wildman–Crippen LogP) is 1.19. The summed E-state index contributed by atoms with van der Waals surface area (Å²) in [5.74, 6) is 0.362. The number of rotatable bonds is 1. The number of ether oxygens (including phenoxy) is 2. The SMILES string of the molecule is COC(=O)[C@H]1OC[C@H]2CC[C@H](Cl)[C@@H]21. The second-order valence-corrected chi connectivity index (χ2v) is 4.27. The Labute approximate surface area is 82.3 Å². The molecular weight excluding hydrogens is 192 g/mol. The minimum atomic E-state index is -0.417. The minimum absolute atomic E-state index is 0.0802. The van der Waals surface area contributed by atoms with Crippen molar-refractivity contribution in [1.82, 2.24) is 0 Å². The van der Waals surface area contributed by atoms with Gasteiger partial charge in [-0.2, -0.15) is 0 Å². The summed E-state index contributed by atoms with van der Waals surface area (Å²) in [6, 6.07) is 0. The molecule has 2 rings (SSSR count). The van der Waals surface area contributed by atoms with E-state index < -0.39 is 6.10 Å². The minimum Gasteiger partial charge on any atom is -0.467 e. The van der Waals surface area contributed by atoms with Crippen molar-refractivity contribution in [3.63, 3.8) is 0 Å². The summed E-state index contributed by atoms with van der Waals surface area (Å²) in [6.07, 6.45) is 1.65. The highest BCUT2D eigenvalue weighted by Gasteiger charge is 2.49. The van der Waals surface area contributed by atoms with Crippen molar-refractivity contribution in [2.45, 2.75) is 24.3 Å². The van der Waals surface area contributed by atoms with E-state index in [1.807, 2.05) is 0 Å². The van der Waals surface area contributed by atoms with Gasteiger partial charge in [0.05, 0.1) is 13.7 Å². The number of esters is 1. The van der Waals surface area contributed by atoms with E-state index in [2.05, 4.69) is 4.74 Å². The summed E-state index contributed by atoms with van der Waals surface area (Å²) in [5, 5.41) is 0.0802. The number of hydrogen-bond donors (Lipinski definition) is 0. The van der Waals surface area contributed by atoms with Crippen LogP contribution in [0.2, 0.25) is 0 Å². The normalized spacial score (nSPS) is 43.2. The lowest BCUT2D eigenvalue weighted by Crippen LogP contribution is -2.32. The van der Waals surface area contributed by atoms with Crippen LogP contribution in [-0.2, 0) is 14.3 Å². The molecule has 0 amide bonds. The van der Waals surface area contributed by atoms with Crippen LogP contribution in [0.5, 0.6) is 0 Å². The van der Waals surface area contributed by atoms with Crippen LogP contribution in [0.25, 0.3) is 0 Å². The lowest BCUT2D eigenvalue weighted by atomic mass is 9.94. The highest BCUT2D eigenvalue weighted by molar-refractivity contribution is 6.21. The Balaban J connectivity index is 2.10. The third-order valence-corrected chi connectivity index (χ3v) is 3.56. The van der Waals surface area contributed by atoms with Gasteiger partial charge in [-0.05, 0) is 18.8 Å². The standard InChI is InChI=1S/C9H13ClO3/c1-12-9(11)8-7-5(4-13-8)2-3-6(7)10/h5-8H,2-4H2,1H3/t5-,6+,7-,8+/m1/s1. The van der Waals surface area contributed by atoms with Gasteiger partial charge in [-0.15, -0.1) is 11.6 Å². The van der Waals surface area contributed by atoms with Crippen molar-refractivity contribution < 1.29 is 14.3 Å². The van der Waals surface area contributed by atoms with E-state index in [4.69, 9.17) is 16.3 Å². The molecule has 0 N–H and O–H groups in total. The van der Waals surface area contributed by atoms with Gasteiger partial charge < -0.3 is 9.47 Å². The lowest BCUT2D eigenvalue weighted by molar-refractivity contribution is -0.153. The van der Waals surface area contributed by atoms with Gasteiger partial charge in [0.25, 0.3) is 0 Å². The fourth-order valence-corrected chi connectivity index (χ4v) is 2.83. The molecule has 1 aliphatic heterocycles. The first kappa shape index (κ1) is 9.28. The van der Waals surface area contributed by atoms with Gasteiger partial charge in [-0.3, -0.25) is 0 Å². The molecule has 3 nitrogen and oxygen atoms in total. The van der Waals surface area contributed by atoms with Gasteiger partial charge in [0.2, 0.25) is 0 Å². The molecule has 13 heavy (non-hydrogen) atoms. The summed E-state index contributed by atoms with van der Waals surface area (Å²) >= 11 is 6.12. The monoisotopic (exact) mass is 204 g/mol. The molecule has 2 fully saturated rings. The molecule has 0 unspecified atom stereocenters. The van der Waals surface area contributed by atoms with E-state index in [-0.39, 0.29) is 17.3 Å². The molecule has 1 saturated carbocycles. The zero-order chi connectivity index (χ0) is 9.42. The quantitative estimate of drug-likeness (QED) is 0.476. The highest BCUT2D eigenvalue weighted by atomic mass is 35.5. The molecule has 1 aliphatic carbocycles. The van der Waals surface area contributed by atoms with E-state index >= 15 is 0 Å². The van der Waals surface area contributed by atoms with Crippen LogP contribution < -0.4 is 0 Å². The van der Waals surface area contributed by atoms with Gasteiger partial charge >= 0.3 is 5.97 Å². The van der Waals surface area contributed by atoms with Gasteiger partial charge in [0.15, 0.2) is 6.10 Å². The fraction of sp³-hybridized carbons (Fsp3) is 0.889. The summed E-state index contributed by atoms with van der Waals surface area (Å²) in [6.45, 7) is 0.660. The Hall–Kier alpha value is -0.280. The first-order chi connectivity index (χ1) is 6.24. The number of halogens is 1. The first-order valence-corrected chi connectivity index (χ1v) is 5.01. The number of alkyl halides is 1. The van der Waals surface area contributed by atoms with Crippen LogP contribution in [-0.4, -0.2) is 31.2 Å². The number of carbonyl (C=O) groups excluding carboxylic acids is 1. The van der Waals surface area contributed by atoms with Gasteiger partial charge in [0, 0.05) is 11.3 Å². The maximum absolute atomic E-state index is 11.3. The molecule has 0 spiro atoms. The Bertz CT molecular complexity index is 219. The molecule has 4 heteroatoms. The van der Waals surface area contributed by atoms with Gasteiger partial charge in [-0.1, -0.05) is 0 Å². The third-order valence-electron chi connectivity index (χ3n) is 3.05. The average molecular weight is 205 g/mol. The van der Waals surface area contributed by atoms with E-state index in [1.54, 1.807) is 0 Å². The van der Waals surface area contributed by atoms with Crippen molar-refractivity contribution in [2.75, 3.05) is 13.7 Å². The lowest BCUT2D eigenvalue weighted by Gasteiger charge is -2.17.